The highest BCUT2D eigenvalue weighted by molar-refractivity contribution is 7.47. The van der Waals surface area contributed by atoms with Crippen molar-refractivity contribution >= 4 is 13.7 Å². The molecule has 0 saturated carbocycles. The van der Waals surface area contributed by atoms with Gasteiger partial charge in [0.2, 0.25) is 5.91 Å². The summed E-state index contributed by atoms with van der Waals surface area (Å²) in [5, 5.41) is 2.99. The van der Waals surface area contributed by atoms with Crippen molar-refractivity contribution in [1.29, 1.82) is 0 Å². The van der Waals surface area contributed by atoms with Gasteiger partial charge in [0.15, 0.2) is 0 Å². The number of amides is 1. The van der Waals surface area contributed by atoms with Gasteiger partial charge in [-0.3, -0.25) is 13.8 Å². The van der Waals surface area contributed by atoms with Crippen molar-refractivity contribution in [3.05, 3.63) is 12.2 Å². The number of phosphoric ester groups is 1. The third-order valence-corrected chi connectivity index (χ3v) is 6.99. The van der Waals surface area contributed by atoms with Crippen molar-refractivity contribution in [2.45, 2.75) is 149 Å². The molecule has 0 aliphatic rings. The molecule has 0 saturated heterocycles. The van der Waals surface area contributed by atoms with Crippen molar-refractivity contribution in [2.75, 3.05) is 13.2 Å². The third-order valence-electron chi connectivity index (χ3n) is 5.70. The Hall–Kier alpha value is -0.680. The first-order chi connectivity index (χ1) is 16.7. The largest absolute Gasteiger partial charge is 0.472 e. The van der Waals surface area contributed by atoms with Crippen LogP contribution in [-0.4, -0.2) is 29.6 Å². The fraction of sp³-hybridized carbons (Fsp3) is 0.893. The van der Waals surface area contributed by atoms with Gasteiger partial charge >= 0.3 is 7.82 Å². The van der Waals surface area contributed by atoms with Crippen LogP contribution in [0.15, 0.2) is 12.2 Å². The summed E-state index contributed by atoms with van der Waals surface area (Å²) in [5.74, 6) is 0.145. The monoisotopic (exact) mass is 517 g/mol. The molecular formula is C28H56NO5P. The van der Waals surface area contributed by atoms with Crippen LogP contribution in [-0.2, 0) is 18.4 Å². The predicted molar refractivity (Wildman–Crippen MR) is 148 cm³/mol. The van der Waals surface area contributed by atoms with Gasteiger partial charge in [-0.05, 0) is 65.7 Å². The van der Waals surface area contributed by atoms with E-state index < -0.39 is 13.4 Å². The Kier molecular flexibility index (Phi) is 22.1. The minimum atomic E-state index is -3.98. The molecule has 0 spiro atoms. The van der Waals surface area contributed by atoms with Gasteiger partial charge in [0.1, 0.15) is 0 Å². The van der Waals surface area contributed by atoms with E-state index in [0.717, 1.165) is 32.1 Å². The summed E-state index contributed by atoms with van der Waals surface area (Å²) in [7, 11) is -3.98. The number of hydrogen-bond donors (Lipinski definition) is 2. The van der Waals surface area contributed by atoms with Crippen LogP contribution in [0.1, 0.15) is 143 Å². The molecule has 0 aliphatic heterocycles. The molecular weight excluding hydrogens is 461 g/mol. The van der Waals surface area contributed by atoms with Crippen LogP contribution in [0.25, 0.3) is 0 Å². The summed E-state index contributed by atoms with van der Waals surface area (Å²) >= 11 is 0. The Morgan fingerprint density at radius 1 is 0.800 bits per heavy atom. The lowest BCUT2D eigenvalue weighted by Gasteiger charge is -2.22. The lowest BCUT2D eigenvalue weighted by molar-refractivity contribution is -0.121. The predicted octanol–water partition coefficient (Wildman–Crippen LogP) is 8.63. The number of carbonyl (C=O) groups excluding carboxylic acids is 1. The Morgan fingerprint density at radius 3 is 1.91 bits per heavy atom. The number of allylic oxidation sites excluding steroid dienone is 2. The van der Waals surface area contributed by atoms with E-state index in [1.165, 1.54) is 70.6 Å². The van der Waals surface area contributed by atoms with Crippen LogP contribution in [0, 0.1) is 0 Å². The highest BCUT2D eigenvalue weighted by Gasteiger charge is 2.28. The Balaban J connectivity index is 3.38. The molecule has 2 N–H and O–H groups in total. The summed E-state index contributed by atoms with van der Waals surface area (Å²) in [6.07, 6.45) is 25.2. The summed E-state index contributed by atoms with van der Waals surface area (Å²) in [5.41, 5.74) is -0.716. The van der Waals surface area contributed by atoms with Crippen molar-refractivity contribution in [1.82, 2.24) is 5.32 Å². The molecule has 0 heterocycles. The van der Waals surface area contributed by atoms with Crippen LogP contribution >= 0.6 is 7.82 Å². The normalized spacial score (nSPS) is 13.9. The second-order valence-electron chi connectivity index (χ2n) is 10.6. The fourth-order valence-corrected chi connectivity index (χ4v) is 4.91. The van der Waals surface area contributed by atoms with Gasteiger partial charge in [-0.15, -0.1) is 0 Å². The van der Waals surface area contributed by atoms with E-state index in [-0.39, 0.29) is 12.5 Å². The molecule has 1 unspecified atom stereocenters. The molecule has 0 aliphatic carbocycles. The number of carbonyl (C=O) groups is 1. The fourth-order valence-electron chi connectivity index (χ4n) is 3.81. The van der Waals surface area contributed by atoms with E-state index in [1.54, 1.807) is 20.8 Å². The molecule has 0 aromatic heterocycles. The molecule has 0 rings (SSSR count). The van der Waals surface area contributed by atoms with E-state index in [2.05, 4.69) is 24.4 Å². The minimum absolute atomic E-state index is 0.145. The van der Waals surface area contributed by atoms with Crippen LogP contribution < -0.4 is 5.32 Å². The van der Waals surface area contributed by atoms with Crippen molar-refractivity contribution in [3.63, 3.8) is 0 Å². The smallest absolute Gasteiger partial charge is 0.356 e. The Morgan fingerprint density at radius 2 is 1.31 bits per heavy atom. The van der Waals surface area contributed by atoms with Crippen LogP contribution in [0.4, 0.5) is 0 Å². The molecule has 1 atom stereocenters. The number of hydrogen-bond acceptors (Lipinski definition) is 4. The average molecular weight is 518 g/mol. The molecule has 208 valence electrons. The van der Waals surface area contributed by atoms with E-state index >= 15 is 0 Å². The van der Waals surface area contributed by atoms with Gasteiger partial charge in [0.05, 0.1) is 12.2 Å². The maximum atomic E-state index is 11.9. The first-order valence-corrected chi connectivity index (χ1v) is 15.8. The Labute approximate surface area is 216 Å². The maximum Gasteiger partial charge on any atom is 0.472 e. The zero-order valence-corrected chi connectivity index (χ0v) is 24.2. The topological polar surface area (TPSA) is 84.9 Å². The van der Waals surface area contributed by atoms with Crippen molar-refractivity contribution in [2.24, 2.45) is 0 Å². The molecule has 0 fully saturated rings. The van der Waals surface area contributed by atoms with Gasteiger partial charge in [0, 0.05) is 13.0 Å². The number of unbranched alkanes of at least 4 members (excludes halogenated alkanes) is 14. The van der Waals surface area contributed by atoms with E-state index in [1.807, 2.05) is 0 Å². The second-order valence-corrected chi connectivity index (χ2v) is 12.0. The zero-order chi connectivity index (χ0) is 26.3. The average Bonchev–Trinajstić information content (AvgIpc) is 2.76. The number of rotatable bonds is 24. The van der Waals surface area contributed by atoms with Gasteiger partial charge in [0.25, 0.3) is 0 Å². The first kappa shape index (κ1) is 34.3. The van der Waals surface area contributed by atoms with Gasteiger partial charge in [-0.1, -0.05) is 83.3 Å². The molecule has 35 heavy (non-hydrogen) atoms. The van der Waals surface area contributed by atoms with Crippen molar-refractivity contribution < 1.29 is 23.3 Å². The summed E-state index contributed by atoms with van der Waals surface area (Å²) in [6.45, 7) is 8.29. The van der Waals surface area contributed by atoms with E-state index in [0.29, 0.717) is 19.4 Å². The highest BCUT2D eigenvalue weighted by Crippen LogP contribution is 2.47. The van der Waals surface area contributed by atoms with Gasteiger partial charge in [-0.25, -0.2) is 4.57 Å². The minimum Gasteiger partial charge on any atom is -0.356 e. The first-order valence-electron chi connectivity index (χ1n) is 14.3. The quantitative estimate of drug-likeness (QED) is 0.0760. The van der Waals surface area contributed by atoms with E-state index in [4.69, 9.17) is 9.05 Å². The van der Waals surface area contributed by atoms with Crippen LogP contribution in [0.2, 0.25) is 0 Å². The third kappa shape index (κ3) is 27.7. The van der Waals surface area contributed by atoms with Crippen molar-refractivity contribution in [3.8, 4) is 0 Å². The second kappa shape index (κ2) is 22.5. The molecule has 0 aromatic rings. The summed E-state index contributed by atoms with van der Waals surface area (Å²) < 4.78 is 21.8. The highest BCUT2D eigenvalue weighted by atomic mass is 31.2. The molecule has 0 radical (unpaired) electrons. The lowest BCUT2D eigenvalue weighted by Crippen LogP contribution is -2.23. The molecule has 0 aromatic carbocycles. The van der Waals surface area contributed by atoms with E-state index in [9.17, 15) is 14.3 Å². The standard InChI is InChI=1S/C28H56NO5P/c1-5-6-7-8-9-10-11-12-13-14-15-16-17-18-21-24-27(30)29-25-22-19-20-23-26-33-35(31,32)34-28(2,3)4/h12-13H,5-11,14-26H2,1-4H3,(H,29,30)(H,31,32)/b13-12-. The zero-order valence-electron chi connectivity index (χ0n) is 23.3. The summed E-state index contributed by atoms with van der Waals surface area (Å²) in [6, 6.07) is 0. The maximum absolute atomic E-state index is 11.9. The molecule has 1 amide bonds. The number of nitrogens with one attached hydrogen (secondary N) is 1. The van der Waals surface area contributed by atoms with Crippen LogP contribution in [0.3, 0.4) is 0 Å². The van der Waals surface area contributed by atoms with Gasteiger partial charge < -0.3 is 10.2 Å². The summed E-state index contributed by atoms with van der Waals surface area (Å²) in [4.78, 5) is 21.5. The molecule has 0 bridgehead atoms. The SMILES string of the molecule is CCCCCCCC/C=C\CCCCCCCC(=O)NCCCCCCOP(=O)(O)OC(C)(C)C. The molecule has 7 heteroatoms. The molecule has 6 nitrogen and oxygen atoms in total. The Bertz CT molecular complexity index is 574. The van der Waals surface area contributed by atoms with Crippen LogP contribution in [0.5, 0.6) is 0 Å². The lowest BCUT2D eigenvalue weighted by atomic mass is 10.1. The number of phosphoric acid groups is 1. The van der Waals surface area contributed by atoms with Gasteiger partial charge in [-0.2, -0.15) is 0 Å².